The second-order valence-electron chi connectivity index (χ2n) is 3.06. The van der Waals surface area contributed by atoms with Crippen LogP contribution in [0.1, 0.15) is 26.2 Å². The number of hydrogen-bond acceptors (Lipinski definition) is 3. The van der Waals surface area contributed by atoms with Gasteiger partial charge in [-0.2, -0.15) is 0 Å². The van der Waals surface area contributed by atoms with Crippen LogP contribution in [-0.4, -0.2) is 42.8 Å². The maximum absolute atomic E-state index is 8.66. The van der Waals surface area contributed by atoms with Crippen LogP contribution < -0.4 is 5.73 Å². The van der Waals surface area contributed by atoms with Gasteiger partial charge < -0.3 is 15.7 Å². The van der Waals surface area contributed by atoms with Gasteiger partial charge in [0.25, 0.3) is 0 Å². The molecule has 0 aromatic rings. The van der Waals surface area contributed by atoms with Crippen LogP contribution in [0.15, 0.2) is 0 Å². The van der Waals surface area contributed by atoms with Crippen LogP contribution in [0.25, 0.3) is 0 Å². The fraction of sp³-hybridized carbons (Fsp3) is 1.00. The van der Waals surface area contributed by atoms with Crippen molar-refractivity contribution >= 4 is 0 Å². The Morgan fingerprint density at radius 3 is 2.33 bits per heavy atom. The highest BCUT2D eigenvalue weighted by Gasteiger charge is 2.01. The van der Waals surface area contributed by atoms with Crippen molar-refractivity contribution in [2.45, 2.75) is 26.2 Å². The highest BCUT2D eigenvalue weighted by molar-refractivity contribution is 4.57. The molecule has 0 spiro atoms. The highest BCUT2D eigenvalue weighted by atomic mass is 16.3. The second-order valence-corrected chi connectivity index (χ2v) is 3.06. The Morgan fingerprint density at radius 2 is 1.83 bits per heavy atom. The van der Waals surface area contributed by atoms with E-state index in [1.807, 2.05) is 0 Å². The first kappa shape index (κ1) is 11.9. The van der Waals surface area contributed by atoms with E-state index in [2.05, 4.69) is 11.8 Å². The first-order valence-corrected chi connectivity index (χ1v) is 4.88. The lowest BCUT2D eigenvalue weighted by molar-refractivity contribution is 0.223. The molecular formula is C9H22N2O. The van der Waals surface area contributed by atoms with Crippen LogP contribution in [0.4, 0.5) is 0 Å². The van der Waals surface area contributed by atoms with E-state index in [1.54, 1.807) is 0 Å². The number of aliphatic hydroxyl groups is 1. The van der Waals surface area contributed by atoms with Crippen LogP contribution in [0.2, 0.25) is 0 Å². The van der Waals surface area contributed by atoms with E-state index in [0.29, 0.717) is 6.61 Å². The molecule has 0 saturated carbocycles. The molecule has 0 rings (SSSR count). The van der Waals surface area contributed by atoms with Gasteiger partial charge in [-0.25, -0.2) is 0 Å². The molecule has 0 aliphatic heterocycles. The summed E-state index contributed by atoms with van der Waals surface area (Å²) in [6.07, 6.45) is 3.12. The van der Waals surface area contributed by atoms with Crippen molar-refractivity contribution in [3.63, 3.8) is 0 Å². The second kappa shape index (κ2) is 8.97. The van der Waals surface area contributed by atoms with Crippen molar-refractivity contribution in [2.24, 2.45) is 5.73 Å². The fourth-order valence-electron chi connectivity index (χ4n) is 1.26. The van der Waals surface area contributed by atoms with Gasteiger partial charge in [0.1, 0.15) is 0 Å². The molecule has 0 aromatic carbocycles. The van der Waals surface area contributed by atoms with Crippen molar-refractivity contribution in [1.82, 2.24) is 4.90 Å². The van der Waals surface area contributed by atoms with Gasteiger partial charge in [0, 0.05) is 13.2 Å². The molecule has 3 N–H and O–H groups in total. The summed E-state index contributed by atoms with van der Waals surface area (Å²) in [7, 11) is 0. The first-order valence-electron chi connectivity index (χ1n) is 4.88. The summed E-state index contributed by atoms with van der Waals surface area (Å²) in [5.41, 5.74) is 5.43. The van der Waals surface area contributed by atoms with E-state index >= 15 is 0 Å². The summed E-state index contributed by atoms with van der Waals surface area (Å²) in [5, 5.41) is 8.66. The zero-order chi connectivity index (χ0) is 9.23. The van der Waals surface area contributed by atoms with Gasteiger partial charge >= 0.3 is 0 Å². The van der Waals surface area contributed by atoms with Crippen molar-refractivity contribution in [1.29, 1.82) is 0 Å². The quantitative estimate of drug-likeness (QED) is 0.561. The molecule has 0 heterocycles. The summed E-state index contributed by atoms with van der Waals surface area (Å²) < 4.78 is 0. The number of nitrogens with two attached hydrogens (primary N) is 1. The van der Waals surface area contributed by atoms with Gasteiger partial charge in [-0.1, -0.05) is 6.92 Å². The molecule has 0 saturated heterocycles. The molecule has 0 radical (unpaired) electrons. The molecule has 0 amide bonds. The number of nitrogens with zero attached hydrogens (tertiary/aromatic N) is 1. The Labute approximate surface area is 75.6 Å². The van der Waals surface area contributed by atoms with E-state index in [4.69, 9.17) is 10.8 Å². The average molecular weight is 174 g/mol. The number of rotatable bonds is 8. The third kappa shape index (κ3) is 6.58. The average Bonchev–Trinajstić information content (AvgIpc) is 2.10. The standard InChI is InChI=1S/C9H22N2O/c1-2-6-11(7-3-5-10)8-4-9-12/h12H,2-10H2,1H3. The molecule has 74 valence electrons. The summed E-state index contributed by atoms with van der Waals surface area (Å²) in [4.78, 5) is 2.36. The summed E-state index contributed by atoms with van der Waals surface area (Å²) in [5.74, 6) is 0. The molecule has 0 aliphatic rings. The minimum Gasteiger partial charge on any atom is -0.396 e. The lowest BCUT2D eigenvalue weighted by atomic mass is 10.3. The van der Waals surface area contributed by atoms with Crippen molar-refractivity contribution in [2.75, 3.05) is 32.8 Å². The van der Waals surface area contributed by atoms with Gasteiger partial charge in [-0.05, 0) is 38.9 Å². The Kier molecular flexibility index (Phi) is 8.88. The first-order chi connectivity index (χ1) is 5.85. The molecule has 0 aromatic heterocycles. The van der Waals surface area contributed by atoms with Gasteiger partial charge in [0.05, 0.1) is 0 Å². The lowest BCUT2D eigenvalue weighted by Crippen LogP contribution is -2.28. The smallest absolute Gasteiger partial charge is 0.0443 e. The Balaban J connectivity index is 3.40. The molecule has 3 heteroatoms. The Bertz CT molecular complexity index is 80.6. The largest absolute Gasteiger partial charge is 0.396 e. The summed E-state index contributed by atoms with van der Waals surface area (Å²) in [6.45, 7) is 6.44. The van der Waals surface area contributed by atoms with Crippen LogP contribution in [0, 0.1) is 0 Å². The van der Waals surface area contributed by atoms with E-state index < -0.39 is 0 Å². The normalized spacial score (nSPS) is 11.0. The highest BCUT2D eigenvalue weighted by Crippen LogP contribution is 1.95. The van der Waals surface area contributed by atoms with Crippen molar-refractivity contribution < 1.29 is 5.11 Å². The third-order valence-electron chi connectivity index (χ3n) is 1.85. The minimum absolute atomic E-state index is 0.294. The molecule has 12 heavy (non-hydrogen) atoms. The SMILES string of the molecule is CCCN(CCCN)CCCO. The topological polar surface area (TPSA) is 49.5 Å². The minimum atomic E-state index is 0.294. The zero-order valence-corrected chi connectivity index (χ0v) is 8.13. The number of hydrogen-bond donors (Lipinski definition) is 2. The van der Waals surface area contributed by atoms with Crippen LogP contribution >= 0.6 is 0 Å². The molecule has 0 unspecified atom stereocenters. The van der Waals surface area contributed by atoms with Crippen molar-refractivity contribution in [3.8, 4) is 0 Å². The van der Waals surface area contributed by atoms with E-state index in [1.165, 1.54) is 6.42 Å². The van der Waals surface area contributed by atoms with E-state index in [9.17, 15) is 0 Å². The molecule has 0 aliphatic carbocycles. The predicted molar refractivity (Wildman–Crippen MR) is 52.1 cm³/mol. The number of aliphatic hydroxyl groups excluding tert-OH is 1. The maximum Gasteiger partial charge on any atom is 0.0443 e. The van der Waals surface area contributed by atoms with Crippen LogP contribution in [0.5, 0.6) is 0 Å². The molecule has 0 fully saturated rings. The van der Waals surface area contributed by atoms with Gasteiger partial charge in [-0.15, -0.1) is 0 Å². The van der Waals surface area contributed by atoms with Gasteiger partial charge in [0.2, 0.25) is 0 Å². The van der Waals surface area contributed by atoms with E-state index in [-0.39, 0.29) is 0 Å². The summed E-state index contributed by atoms with van der Waals surface area (Å²) in [6, 6.07) is 0. The Morgan fingerprint density at radius 1 is 1.17 bits per heavy atom. The van der Waals surface area contributed by atoms with Gasteiger partial charge in [0.15, 0.2) is 0 Å². The fourth-order valence-corrected chi connectivity index (χ4v) is 1.26. The monoisotopic (exact) mass is 174 g/mol. The maximum atomic E-state index is 8.66. The lowest BCUT2D eigenvalue weighted by Gasteiger charge is -2.20. The predicted octanol–water partition coefficient (Wildman–Crippen LogP) is 0.430. The zero-order valence-electron chi connectivity index (χ0n) is 8.13. The summed E-state index contributed by atoms with van der Waals surface area (Å²) >= 11 is 0. The van der Waals surface area contributed by atoms with Gasteiger partial charge in [-0.3, -0.25) is 0 Å². The molecule has 0 atom stereocenters. The van der Waals surface area contributed by atoms with E-state index in [0.717, 1.165) is 39.0 Å². The third-order valence-corrected chi connectivity index (χ3v) is 1.85. The molecule has 0 bridgehead atoms. The Hall–Kier alpha value is -0.120. The molecular weight excluding hydrogens is 152 g/mol. The molecule has 3 nitrogen and oxygen atoms in total. The van der Waals surface area contributed by atoms with Crippen LogP contribution in [-0.2, 0) is 0 Å². The van der Waals surface area contributed by atoms with Crippen molar-refractivity contribution in [3.05, 3.63) is 0 Å². The van der Waals surface area contributed by atoms with Crippen LogP contribution in [0.3, 0.4) is 0 Å².